The van der Waals surface area contributed by atoms with E-state index in [1.165, 1.54) is 0 Å². The lowest BCUT2D eigenvalue weighted by Crippen LogP contribution is -2.34. The Balaban J connectivity index is 3.08. The molecule has 72 valence electrons. The quantitative estimate of drug-likeness (QED) is 0.453. The fourth-order valence-corrected chi connectivity index (χ4v) is 0.798. The largest absolute Gasteiger partial charge is 0.355 e. The molecular weight excluding hydrogens is 154 g/mol. The lowest BCUT2D eigenvalue weighted by atomic mass is 10.3. The van der Waals surface area contributed by atoms with Crippen LogP contribution in [-0.2, 0) is 4.79 Å². The fraction of sp³-hybridized carbons (Fsp3) is 0.875. The molecule has 0 aromatic carbocycles. The summed E-state index contributed by atoms with van der Waals surface area (Å²) in [6, 6.07) is 0. The highest BCUT2D eigenvalue weighted by molar-refractivity contribution is 5.77. The van der Waals surface area contributed by atoms with Crippen LogP contribution in [0.3, 0.4) is 0 Å². The SMILES string of the molecule is CCNCC(=O)NCCCCN. The standard InChI is InChI=1S/C8H19N3O/c1-2-10-7-8(12)11-6-4-3-5-9/h10H,2-7,9H2,1H3,(H,11,12). The molecule has 4 N–H and O–H groups in total. The van der Waals surface area contributed by atoms with Gasteiger partial charge in [-0.3, -0.25) is 4.79 Å². The third-order valence-corrected chi connectivity index (χ3v) is 1.49. The van der Waals surface area contributed by atoms with Crippen LogP contribution in [0.15, 0.2) is 0 Å². The summed E-state index contributed by atoms with van der Waals surface area (Å²) in [4.78, 5) is 11.0. The van der Waals surface area contributed by atoms with E-state index in [0.29, 0.717) is 13.1 Å². The maximum atomic E-state index is 11.0. The fourth-order valence-electron chi connectivity index (χ4n) is 0.798. The van der Waals surface area contributed by atoms with Gasteiger partial charge in [0.2, 0.25) is 5.91 Å². The Kier molecular flexibility index (Phi) is 8.05. The lowest BCUT2D eigenvalue weighted by Gasteiger charge is -2.04. The number of carbonyl (C=O) groups excluding carboxylic acids is 1. The van der Waals surface area contributed by atoms with E-state index in [0.717, 1.165) is 25.9 Å². The summed E-state index contributed by atoms with van der Waals surface area (Å²) in [6.45, 7) is 4.65. The van der Waals surface area contributed by atoms with Crippen LogP contribution in [0.25, 0.3) is 0 Å². The molecular formula is C8H19N3O. The van der Waals surface area contributed by atoms with E-state index in [-0.39, 0.29) is 5.91 Å². The van der Waals surface area contributed by atoms with Crippen molar-refractivity contribution in [2.45, 2.75) is 19.8 Å². The van der Waals surface area contributed by atoms with Gasteiger partial charge in [0.15, 0.2) is 0 Å². The zero-order chi connectivity index (χ0) is 9.23. The summed E-state index contributed by atoms with van der Waals surface area (Å²) >= 11 is 0. The smallest absolute Gasteiger partial charge is 0.233 e. The number of likely N-dealkylation sites (N-methyl/N-ethyl adjacent to an activating group) is 1. The molecule has 0 aliphatic rings. The Morgan fingerprint density at radius 1 is 1.42 bits per heavy atom. The van der Waals surface area contributed by atoms with Crippen LogP contribution in [0.4, 0.5) is 0 Å². The van der Waals surface area contributed by atoms with Gasteiger partial charge in [0.25, 0.3) is 0 Å². The molecule has 0 aliphatic heterocycles. The first-order valence-electron chi connectivity index (χ1n) is 4.48. The van der Waals surface area contributed by atoms with E-state index in [2.05, 4.69) is 10.6 Å². The third kappa shape index (κ3) is 7.50. The van der Waals surface area contributed by atoms with E-state index < -0.39 is 0 Å². The average molecular weight is 173 g/mol. The highest BCUT2D eigenvalue weighted by atomic mass is 16.1. The molecule has 12 heavy (non-hydrogen) atoms. The lowest BCUT2D eigenvalue weighted by molar-refractivity contribution is -0.120. The van der Waals surface area contributed by atoms with E-state index in [4.69, 9.17) is 5.73 Å². The van der Waals surface area contributed by atoms with Crippen molar-refractivity contribution in [3.63, 3.8) is 0 Å². The Hall–Kier alpha value is -0.610. The summed E-state index contributed by atoms with van der Waals surface area (Å²) < 4.78 is 0. The molecule has 4 nitrogen and oxygen atoms in total. The monoisotopic (exact) mass is 173 g/mol. The average Bonchev–Trinajstić information content (AvgIpc) is 2.09. The number of hydrogen-bond acceptors (Lipinski definition) is 3. The molecule has 0 fully saturated rings. The number of rotatable bonds is 7. The van der Waals surface area contributed by atoms with Gasteiger partial charge in [-0.05, 0) is 25.9 Å². The minimum atomic E-state index is 0.0638. The molecule has 0 aromatic heterocycles. The van der Waals surface area contributed by atoms with E-state index in [9.17, 15) is 4.79 Å². The van der Waals surface area contributed by atoms with Crippen molar-refractivity contribution in [1.82, 2.24) is 10.6 Å². The van der Waals surface area contributed by atoms with Crippen molar-refractivity contribution >= 4 is 5.91 Å². The van der Waals surface area contributed by atoms with Gasteiger partial charge >= 0.3 is 0 Å². The van der Waals surface area contributed by atoms with Crippen molar-refractivity contribution in [3.8, 4) is 0 Å². The molecule has 0 aliphatic carbocycles. The van der Waals surface area contributed by atoms with Gasteiger partial charge in [-0.15, -0.1) is 0 Å². The molecule has 0 rings (SSSR count). The van der Waals surface area contributed by atoms with Crippen LogP contribution in [-0.4, -0.2) is 32.1 Å². The van der Waals surface area contributed by atoms with E-state index in [1.54, 1.807) is 0 Å². The van der Waals surface area contributed by atoms with Gasteiger partial charge < -0.3 is 16.4 Å². The highest BCUT2D eigenvalue weighted by Gasteiger charge is 1.96. The molecule has 0 spiro atoms. The molecule has 0 radical (unpaired) electrons. The maximum absolute atomic E-state index is 11.0. The van der Waals surface area contributed by atoms with Crippen LogP contribution in [0.2, 0.25) is 0 Å². The number of nitrogens with two attached hydrogens (primary N) is 1. The number of carbonyl (C=O) groups is 1. The summed E-state index contributed by atoms with van der Waals surface area (Å²) in [5.41, 5.74) is 5.30. The van der Waals surface area contributed by atoms with Crippen molar-refractivity contribution in [1.29, 1.82) is 0 Å². The van der Waals surface area contributed by atoms with Gasteiger partial charge in [-0.2, -0.15) is 0 Å². The van der Waals surface area contributed by atoms with Gasteiger partial charge in [0, 0.05) is 6.54 Å². The molecule has 0 unspecified atom stereocenters. The van der Waals surface area contributed by atoms with Crippen LogP contribution < -0.4 is 16.4 Å². The van der Waals surface area contributed by atoms with Gasteiger partial charge in [0.05, 0.1) is 6.54 Å². The Morgan fingerprint density at radius 2 is 2.17 bits per heavy atom. The normalized spacial score (nSPS) is 9.83. The third-order valence-electron chi connectivity index (χ3n) is 1.49. The first kappa shape index (κ1) is 11.4. The molecule has 0 heterocycles. The Bertz CT molecular complexity index is 117. The second-order valence-electron chi connectivity index (χ2n) is 2.63. The van der Waals surface area contributed by atoms with Crippen molar-refractivity contribution in [2.24, 2.45) is 5.73 Å². The van der Waals surface area contributed by atoms with E-state index in [1.807, 2.05) is 6.92 Å². The number of hydrogen-bond donors (Lipinski definition) is 3. The topological polar surface area (TPSA) is 67.2 Å². The summed E-state index contributed by atoms with van der Waals surface area (Å²) in [5.74, 6) is 0.0638. The van der Waals surface area contributed by atoms with Crippen molar-refractivity contribution < 1.29 is 4.79 Å². The van der Waals surface area contributed by atoms with Crippen LogP contribution in [0.1, 0.15) is 19.8 Å². The van der Waals surface area contributed by atoms with E-state index >= 15 is 0 Å². The number of unbranched alkanes of at least 4 members (excludes halogenated alkanes) is 1. The Labute approximate surface area is 73.9 Å². The first-order valence-corrected chi connectivity index (χ1v) is 4.48. The van der Waals surface area contributed by atoms with Gasteiger partial charge in [-0.1, -0.05) is 6.92 Å². The molecule has 0 atom stereocenters. The molecule has 0 bridgehead atoms. The predicted molar refractivity (Wildman–Crippen MR) is 49.8 cm³/mol. The number of amides is 1. The first-order chi connectivity index (χ1) is 5.81. The second-order valence-corrected chi connectivity index (χ2v) is 2.63. The van der Waals surface area contributed by atoms with Gasteiger partial charge in [0.1, 0.15) is 0 Å². The summed E-state index contributed by atoms with van der Waals surface area (Å²) in [6.07, 6.45) is 1.94. The van der Waals surface area contributed by atoms with Crippen molar-refractivity contribution in [2.75, 3.05) is 26.2 Å². The summed E-state index contributed by atoms with van der Waals surface area (Å²) in [5, 5.41) is 5.75. The predicted octanol–water partition coefficient (Wildman–Crippen LogP) is -0.549. The van der Waals surface area contributed by atoms with Gasteiger partial charge in [-0.25, -0.2) is 0 Å². The maximum Gasteiger partial charge on any atom is 0.233 e. The molecule has 1 amide bonds. The zero-order valence-electron chi connectivity index (χ0n) is 7.73. The van der Waals surface area contributed by atoms with Crippen LogP contribution in [0.5, 0.6) is 0 Å². The van der Waals surface area contributed by atoms with Crippen LogP contribution >= 0.6 is 0 Å². The number of nitrogens with one attached hydrogen (secondary N) is 2. The molecule has 0 saturated carbocycles. The van der Waals surface area contributed by atoms with Crippen molar-refractivity contribution in [3.05, 3.63) is 0 Å². The molecule has 4 heteroatoms. The minimum Gasteiger partial charge on any atom is -0.355 e. The molecule has 0 aromatic rings. The highest BCUT2D eigenvalue weighted by Crippen LogP contribution is 1.81. The second kappa shape index (κ2) is 8.49. The Morgan fingerprint density at radius 3 is 2.75 bits per heavy atom. The molecule has 0 saturated heterocycles. The van der Waals surface area contributed by atoms with Crippen LogP contribution in [0, 0.1) is 0 Å². The summed E-state index contributed by atoms with van der Waals surface area (Å²) in [7, 11) is 0. The zero-order valence-corrected chi connectivity index (χ0v) is 7.73. The minimum absolute atomic E-state index is 0.0638.